The maximum absolute atomic E-state index is 12.6. The molecule has 0 spiro atoms. The summed E-state index contributed by atoms with van der Waals surface area (Å²) in [5.74, 6) is 1.59. The van der Waals surface area contributed by atoms with Gasteiger partial charge in [0.05, 0.1) is 17.3 Å². The van der Waals surface area contributed by atoms with Crippen molar-refractivity contribution in [1.82, 2.24) is 10.4 Å². The van der Waals surface area contributed by atoms with E-state index in [-0.39, 0.29) is 5.91 Å². The van der Waals surface area contributed by atoms with Gasteiger partial charge < -0.3 is 4.42 Å². The summed E-state index contributed by atoms with van der Waals surface area (Å²) in [6.45, 7) is 6.12. The van der Waals surface area contributed by atoms with Crippen LogP contribution in [0.15, 0.2) is 52.0 Å². The number of carbonyl (C=O) groups excluding carboxylic acids is 1. The second-order valence-corrected chi connectivity index (χ2v) is 6.42. The summed E-state index contributed by atoms with van der Waals surface area (Å²) in [5, 5.41) is 4.81. The highest BCUT2D eigenvalue weighted by Crippen LogP contribution is 2.20. The molecule has 0 radical (unpaired) electrons. The normalized spacial score (nSPS) is 11.5. The van der Waals surface area contributed by atoms with Crippen molar-refractivity contribution >= 4 is 23.0 Å². The number of para-hydroxylation sites is 1. The molecule has 1 amide bonds. The minimum absolute atomic E-state index is 0.261. The van der Waals surface area contributed by atoms with Gasteiger partial charge in [-0.05, 0) is 43.5 Å². The molecule has 3 rings (SSSR count). The van der Waals surface area contributed by atoms with Crippen molar-refractivity contribution in [3.8, 4) is 0 Å². The summed E-state index contributed by atoms with van der Waals surface area (Å²) in [6.07, 6.45) is 2.31. The largest absolute Gasteiger partial charge is 0.460 e. The zero-order valence-corrected chi connectivity index (χ0v) is 14.6. The molecule has 5 heteroatoms. The number of fused-ring (bicyclic) bond motifs is 1. The predicted octanol–water partition coefficient (Wildman–Crippen LogP) is 4.10. The van der Waals surface area contributed by atoms with Crippen LogP contribution in [0, 0.1) is 12.8 Å². The summed E-state index contributed by atoms with van der Waals surface area (Å²) < 4.78 is 5.39. The van der Waals surface area contributed by atoms with Crippen LogP contribution in [0.3, 0.4) is 0 Å². The monoisotopic (exact) mass is 335 g/mol. The van der Waals surface area contributed by atoms with Crippen LogP contribution in [-0.4, -0.2) is 17.1 Å². The second kappa shape index (κ2) is 7.30. The van der Waals surface area contributed by atoms with Gasteiger partial charge in [-0.15, -0.1) is 0 Å². The first-order valence-electron chi connectivity index (χ1n) is 8.31. The maximum atomic E-state index is 12.6. The third kappa shape index (κ3) is 4.12. The lowest BCUT2D eigenvalue weighted by Gasteiger charge is -2.10. The van der Waals surface area contributed by atoms with Crippen molar-refractivity contribution in [2.24, 2.45) is 11.0 Å². The van der Waals surface area contributed by atoms with E-state index < -0.39 is 0 Å². The highest BCUT2D eigenvalue weighted by molar-refractivity contribution is 6.06. The van der Waals surface area contributed by atoms with Gasteiger partial charge in [0.25, 0.3) is 5.91 Å². The fourth-order valence-electron chi connectivity index (χ4n) is 2.68. The van der Waals surface area contributed by atoms with E-state index in [0.717, 1.165) is 28.8 Å². The molecular weight excluding hydrogens is 314 g/mol. The van der Waals surface area contributed by atoms with E-state index in [0.29, 0.717) is 17.2 Å². The first-order chi connectivity index (χ1) is 12.0. The second-order valence-electron chi connectivity index (χ2n) is 6.42. The Labute approximate surface area is 146 Å². The number of aromatic nitrogens is 1. The van der Waals surface area contributed by atoms with Gasteiger partial charge in [0.1, 0.15) is 11.5 Å². The van der Waals surface area contributed by atoms with E-state index in [1.165, 1.54) is 6.21 Å². The Morgan fingerprint density at radius 1 is 1.28 bits per heavy atom. The van der Waals surface area contributed by atoms with Crippen LogP contribution < -0.4 is 5.43 Å². The van der Waals surface area contributed by atoms with Crippen molar-refractivity contribution < 1.29 is 9.21 Å². The number of aryl methyl sites for hydroxylation is 1. The molecule has 0 saturated carbocycles. The van der Waals surface area contributed by atoms with E-state index >= 15 is 0 Å². The molecule has 0 unspecified atom stereocenters. The van der Waals surface area contributed by atoms with Crippen LogP contribution >= 0.6 is 0 Å². The number of rotatable bonds is 5. The number of nitrogens with one attached hydrogen (secondary N) is 1. The highest BCUT2D eigenvalue weighted by atomic mass is 16.3. The smallest absolute Gasteiger partial charge is 0.272 e. The average molecular weight is 335 g/mol. The Balaban J connectivity index is 1.87. The first-order valence-corrected chi connectivity index (χ1v) is 8.31. The molecule has 0 atom stereocenters. The fraction of sp³-hybridized carbons (Fsp3) is 0.250. The molecule has 25 heavy (non-hydrogen) atoms. The van der Waals surface area contributed by atoms with E-state index in [4.69, 9.17) is 4.42 Å². The summed E-state index contributed by atoms with van der Waals surface area (Å²) in [7, 11) is 0. The SMILES string of the molecule is Cc1ccc(/C=N/NC(=O)c2cc(CC(C)C)nc3ccccc23)o1. The number of hydrogen-bond donors (Lipinski definition) is 1. The van der Waals surface area contributed by atoms with Gasteiger partial charge in [0.15, 0.2) is 0 Å². The molecule has 0 aliphatic carbocycles. The quantitative estimate of drug-likeness (QED) is 0.564. The lowest BCUT2D eigenvalue weighted by atomic mass is 10.0. The molecule has 2 aromatic heterocycles. The van der Waals surface area contributed by atoms with Gasteiger partial charge in [-0.3, -0.25) is 9.78 Å². The topological polar surface area (TPSA) is 67.5 Å². The van der Waals surface area contributed by atoms with Crippen molar-refractivity contribution in [3.05, 3.63) is 65.2 Å². The van der Waals surface area contributed by atoms with Gasteiger partial charge in [-0.1, -0.05) is 32.0 Å². The summed E-state index contributed by atoms with van der Waals surface area (Å²) >= 11 is 0. The minimum atomic E-state index is -0.261. The van der Waals surface area contributed by atoms with Crippen LogP contribution in [0.5, 0.6) is 0 Å². The summed E-state index contributed by atoms with van der Waals surface area (Å²) in [4.78, 5) is 17.3. The molecule has 0 bridgehead atoms. The van der Waals surface area contributed by atoms with E-state index in [1.807, 2.05) is 43.3 Å². The van der Waals surface area contributed by atoms with Gasteiger partial charge in [-0.2, -0.15) is 5.10 Å². The lowest BCUT2D eigenvalue weighted by molar-refractivity contribution is 0.0956. The van der Waals surface area contributed by atoms with Gasteiger partial charge in [-0.25, -0.2) is 5.43 Å². The number of amides is 1. The summed E-state index contributed by atoms with van der Waals surface area (Å²) in [5.41, 5.74) is 4.87. The number of pyridine rings is 1. The van der Waals surface area contributed by atoms with Crippen LogP contribution in [0.25, 0.3) is 10.9 Å². The zero-order chi connectivity index (χ0) is 17.8. The number of benzene rings is 1. The predicted molar refractivity (Wildman–Crippen MR) is 98.8 cm³/mol. The van der Waals surface area contributed by atoms with Crippen molar-refractivity contribution in [1.29, 1.82) is 0 Å². The van der Waals surface area contributed by atoms with Gasteiger partial charge >= 0.3 is 0 Å². The Morgan fingerprint density at radius 2 is 2.08 bits per heavy atom. The molecule has 3 aromatic rings. The van der Waals surface area contributed by atoms with Crippen molar-refractivity contribution in [3.63, 3.8) is 0 Å². The molecule has 0 aliphatic heterocycles. The maximum Gasteiger partial charge on any atom is 0.272 e. The van der Waals surface area contributed by atoms with E-state index in [2.05, 4.69) is 29.4 Å². The van der Waals surface area contributed by atoms with Crippen molar-refractivity contribution in [2.75, 3.05) is 0 Å². The molecule has 2 heterocycles. The Bertz CT molecular complexity index is 926. The van der Waals surface area contributed by atoms with Gasteiger partial charge in [0.2, 0.25) is 0 Å². The molecule has 5 nitrogen and oxygen atoms in total. The van der Waals surface area contributed by atoms with Crippen LogP contribution in [0.2, 0.25) is 0 Å². The third-order valence-corrected chi connectivity index (χ3v) is 3.75. The van der Waals surface area contributed by atoms with E-state index in [1.54, 1.807) is 6.07 Å². The average Bonchev–Trinajstić information content (AvgIpc) is 2.98. The van der Waals surface area contributed by atoms with Crippen LogP contribution in [0.4, 0.5) is 0 Å². The number of hydrazone groups is 1. The molecule has 1 N–H and O–H groups in total. The molecular formula is C20H21N3O2. The summed E-state index contributed by atoms with van der Waals surface area (Å²) in [6, 6.07) is 13.1. The molecule has 1 aromatic carbocycles. The number of nitrogens with zero attached hydrogens (tertiary/aromatic N) is 2. The Hall–Kier alpha value is -2.95. The standard InChI is InChI=1S/C20H21N3O2/c1-13(2)10-15-11-18(17-6-4-5-7-19(17)22-15)20(24)23-21-12-16-9-8-14(3)25-16/h4-9,11-13H,10H2,1-3H3,(H,23,24)/b21-12+. The number of carbonyl (C=O) groups is 1. The first kappa shape index (κ1) is 16.9. The van der Waals surface area contributed by atoms with Crippen molar-refractivity contribution in [2.45, 2.75) is 27.2 Å². The Morgan fingerprint density at radius 3 is 2.80 bits per heavy atom. The highest BCUT2D eigenvalue weighted by Gasteiger charge is 2.13. The lowest BCUT2D eigenvalue weighted by Crippen LogP contribution is -2.18. The zero-order valence-electron chi connectivity index (χ0n) is 14.6. The van der Waals surface area contributed by atoms with Crippen LogP contribution in [-0.2, 0) is 6.42 Å². The third-order valence-electron chi connectivity index (χ3n) is 3.75. The molecule has 0 saturated heterocycles. The van der Waals surface area contributed by atoms with Gasteiger partial charge in [0, 0.05) is 11.1 Å². The molecule has 0 aliphatic rings. The van der Waals surface area contributed by atoms with E-state index in [9.17, 15) is 4.79 Å². The van der Waals surface area contributed by atoms with Crippen LogP contribution in [0.1, 0.15) is 41.4 Å². The molecule has 128 valence electrons. The number of furan rings is 1. The molecule has 0 fully saturated rings. The fourth-order valence-corrected chi connectivity index (χ4v) is 2.68. The Kier molecular flexibility index (Phi) is 4.93. The minimum Gasteiger partial charge on any atom is -0.460 e. The number of hydrogen-bond acceptors (Lipinski definition) is 4.